The smallest absolute Gasteiger partial charge is 0.0762 e. The van der Waals surface area contributed by atoms with Crippen molar-refractivity contribution in [2.45, 2.75) is 32.2 Å². The maximum Gasteiger partial charge on any atom is 0.0762 e. The predicted octanol–water partition coefficient (Wildman–Crippen LogP) is 3.32. The van der Waals surface area contributed by atoms with E-state index in [1.807, 2.05) is 6.20 Å². The van der Waals surface area contributed by atoms with Gasteiger partial charge in [0, 0.05) is 24.5 Å². The van der Waals surface area contributed by atoms with Crippen LogP contribution in [0.3, 0.4) is 0 Å². The molecule has 0 aliphatic heterocycles. The van der Waals surface area contributed by atoms with Crippen LogP contribution in [-0.4, -0.2) is 16.5 Å². The van der Waals surface area contributed by atoms with Gasteiger partial charge in [-0.15, -0.1) is 0 Å². The molecule has 0 saturated heterocycles. The van der Waals surface area contributed by atoms with Crippen molar-refractivity contribution >= 4 is 0 Å². The van der Waals surface area contributed by atoms with Crippen LogP contribution < -0.4 is 5.32 Å². The van der Waals surface area contributed by atoms with Gasteiger partial charge in [-0.05, 0) is 18.5 Å². The zero-order valence-electron chi connectivity index (χ0n) is 11.6. The van der Waals surface area contributed by atoms with Gasteiger partial charge in [0.2, 0.25) is 0 Å². The molecule has 0 bridgehead atoms. The molecule has 0 spiro atoms. The lowest BCUT2D eigenvalue weighted by Crippen LogP contribution is -2.27. The van der Waals surface area contributed by atoms with E-state index >= 15 is 0 Å². The van der Waals surface area contributed by atoms with Crippen molar-refractivity contribution in [2.75, 3.05) is 6.54 Å². The van der Waals surface area contributed by atoms with Crippen LogP contribution in [0.1, 0.15) is 43.5 Å². The Morgan fingerprint density at radius 3 is 2.47 bits per heavy atom. The normalized spacial score (nSPS) is 14.0. The maximum atomic E-state index is 4.47. The van der Waals surface area contributed by atoms with E-state index in [-0.39, 0.29) is 6.04 Å². The first-order chi connectivity index (χ1) is 9.36. The number of nitrogens with zero attached hydrogens (tertiary/aromatic N) is 2. The van der Waals surface area contributed by atoms with Crippen LogP contribution in [0.5, 0.6) is 0 Å². The van der Waals surface area contributed by atoms with Crippen molar-refractivity contribution in [3.63, 3.8) is 0 Å². The Morgan fingerprint density at radius 1 is 1.11 bits per heavy atom. The molecule has 0 saturated carbocycles. The molecule has 1 heterocycles. The van der Waals surface area contributed by atoms with Gasteiger partial charge in [-0.2, -0.15) is 0 Å². The SMILES string of the molecule is CCNC(c1cnccn1)C(CC)c1ccccc1. The van der Waals surface area contributed by atoms with Gasteiger partial charge in [0.1, 0.15) is 0 Å². The quantitative estimate of drug-likeness (QED) is 0.860. The van der Waals surface area contributed by atoms with Gasteiger partial charge < -0.3 is 5.32 Å². The van der Waals surface area contributed by atoms with Crippen LogP contribution in [-0.2, 0) is 0 Å². The van der Waals surface area contributed by atoms with Crippen molar-refractivity contribution in [1.29, 1.82) is 0 Å². The summed E-state index contributed by atoms with van der Waals surface area (Å²) in [4.78, 5) is 8.66. The monoisotopic (exact) mass is 255 g/mol. The van der Waals surface area contributed by atoms with Crippen LogP contribution in [0, 0.1) is 0 Å². The van der Waals surface area contributed by atoms with E-state index in [1.54, 1.807) is 12.4 Å². The van der Waals surface area contributed by atoms with Crippen molar-refractivity contribution in [3.05, 3.63) is 60.2 Å². The minimum atomic E-state index is 0.214. The Hall–Kier alpha value is -1.74. The molecule has 2 aromatic rings. The molecule has 1 aromatic carbocycles. The molecular weight excluding hydrogens is 234 g/mol. The molecule has 100 valence electrons. The summed E-state index contributed by atoms with van der Waals surface area (Å²) in [7, 11) is 0. The molecule has 3 nitrogen and oxygen atoms in total. The molecule has 0 aliphatic rings. The Bertz CT molecular complexity index is 470. The zero-order valence-corrected chi connectivity index (χ0v) is 11.6. The number of nitrogens with one attached hydrogen (secondary N) is 1. The Kier molecular flexibility index (Phi) is 5.04. The standard InChI is InChI=1S/C16H21N3/c1-3-14(13-8-6-5-7-9-13)16(18-4-2)15-12-17-10-11-19-15/h5-12,14,16,18H,3-4H2,1-2H3. The highest BCUT2D eigenvalue weighted by atomic mass is 15.0. The summed E-state index contributed by atoms with van der Waals surface area (Å²) < 4.78 is 0. The van der Waals surface area contributed by atoms with Gasteiger partial charge in [-0.25, -0.2) is 0 Å². The van der Waals surface area contributed by atoms with E-state index < -0.39 is 0 Å². The fourth-order valence-corrected chi connectivity index (χ4v) is 2.51. The fourth-order valence-electron chi connectivity index (χ4n) is 2.51. The minimum Gasteiger partial charge on any atom is -0.308 e. The Morgan fingerprint density at radius 2 is 1.89 bits per heavy atom. The lowest BCUT2D eigenvalue weighted by atomic mass is 9.87. The third-order valence-corrected chi connectivity index (χ3v) is 3.40. The lowest BCUT2D eigenvalue weighted by Gasteiger charge is -2.26. The average molecular weight is 255 g/mol. The third-order valence-electron chi connectivity index (χ3n) is 3.40. The number of hydrogen-bond acceptors (Lipinski definition) is 3. The first-order valence-electron chi connectivity index (χ1n) is 6.91. The van der Waals surface area contributed by atoms with E-state index in [4.69, 9.17) is 0 Å². The van der Waals surface area contributed by atoms with E-state index in [0.717, 1.165) is 18.7 Å². The highest BCUT2D eigenvalue weighted by molar-refractivity contribution is 5.24. The predicted molar refractivity (Wildman–Crippen MR) is 77.9 cm³/mol. The van der Waals surface area contributed by atoms with E-state index in [9.17, 15) is 0 Å². The minimum absolute atomic E-state index is 0.214. The number of hydrogen-bond donors (Lipinski definition) is 1. The lowest BCUT2D eigenvalue weighted by molar-refractivity contribution is 0.435. The average Bonchev–Trinajstić information content (AvgIpc) is 2.49. The Labute approximate surface area is 115 Å². The van der Waals surface area contributed by atoms with E-state index in [1.165, 1.54) is 5.56 Å². The van der Waals surface area contributed by atoms with Gasteiger partial charge in [0.15, 0.2) is 0 Å². The molecule has 0 aliphatic carbocycles. The largest absolute Gasteiger partial charge is 0.308 e. The molecule has 0 amide bonds. The van der Waals surface area contributed by atoms with Gasteiger partial charge in [-0.1, -0.05) is 44.2 Å². The van der Waals surface area contributed by atoms with Gasteiger partial charge in [0.25, 0.3) is 0 Å². The number of aromatic nitrogens is 2. The third kappa shape index (κ3) is 3.38. The van der Waals surface area contributed by atoms with Gasteiger partial charge in [-0.3, -0.25) is 9.97 Å². The molecule has 3 heteroatoms. The first-order valence-corrected chi connectivity index (χ1v) is 6.91. The van der Waals surface area contributed by atoms with Crippen LogP contribution in [0.2, 0.25) is 0 Å². The summed E-state index contributed by atoms with van der Waals surface area (Å²) >= 11 is 0. The van der Waals surface area contributed by atoms with Crippen LogP contribution in [0.15, 0.2) is 48.9 Å². The molecule has 1 aromatic heterocycles. The zero-order chi connectivity index (χ0) is 13.5. The van der Waals surface area contributed by atoms with Crippen molar-refractivity contribution in [3.8, 4) is 0 Å². The van der Waals surface area contributed by atoms with Crippen LogP contribution >= 0.6 is 0 Å². The van der Waals surface area contributed by atoms with E-state index in [2.05, 4.69) is 59.5 Å². The summed E-state index contributed by atoms with van der Waals surface area (Å²) in [5, 5.41) is 3.55. The number of benzene rings is 1. The topological polar surface area (TPSA) is 37.8 Å². The highest BCUT2D eigenvalue weighted by Gasteiger charge is 2.23. The van der Waals surface area contributed by atoms with Crippen LogP contribution in [0.4, 0.5) is 0 Å². The van der Waals surface area contributed by atoms with Crippen LogP contribution in [0.25, 0.3) is 0 Å². The molecule has 2 rings (SSSR count). The summed E-state index contributed by atoms with van der Waals surface area (Å²) in [5.74, 6) is 0.415. The van der Waals surface area contributed by atoms with E-state index in [0.29, 0.717) is 5.92 Å². The summed E-state index contributed by atoms with van der Waals surface area (Å²) in [6.07, 6.45) is 6.41. The van der Waals surface area contributed by atoms with Gasteiger partial charge >= 0.3 is 0 Å². The summed E-state index contributed by atoms with van der Waals surface area (Å²) in [5.41, 5.74) is 2.36. The van der Waals surface area contributed by atoms with Crippen molar-refractivity contribution < 1.29 is 0 Å². The Balaban J connectivity index is 2.31. The molecule has 0 radical (unpaired) electrons. The second-order valence-electron chi connectivity index (χ2n) is 4.59. The second-order valence-corrected chi connectivity index (χ2v) is 4.59. The molecular formula is C16H21N3. The van der Waals surface area contributed by atoms with Crippen molar-refractivity contribution in [1.82, 2.24) is 15.3 Å². The number of rotatable bonds is 6. The summed E-state index contributed by atoms with van der Waals surface area (Å²) in [6.45, 7) is 5.27. The molecule has 2 unspecified atom stereocenters. The maximum absolute atomic E-state index is 4.47. The second kappa shape index (κ2) is 7.00. The molecule has 1 N–H and O–H groups in total. The molecule has 19 heavy (non-hydrogen) atoms. The first kappa shape index (κ1) is 13.7. The molecule has 0 fully saturated rings. The fraction of sp³-hybridized carbons (Fsp3) is 0.375. The molecule has 2 atom stereocenters. The summed E-state index contributed by atoms with van der Waals surface area (Å²) in [6, 6.07) is 10.8. The van der Waals surface area contributed by atoms with Gasteiger partial charge in [0.05, 0.1) is 11.7 Å². The highest BCUT2D eigenvalue weighted by Crippen LogP contribution is 2.32. The number of likely N-dealkylation sites (N-methyl/N-ethyl adjacent to an activating group) is 1. The van der Waals surface area contributed by atoms with Crippen molar-refractivity contribution in [2.24, 2.45) is 0 Å².